The van der Waals surface area contributed by atoms with Crippen molar-refractivity contribution in [3.05, 3.63) is 70.1 Å². The summed E-state index contributed by atoms with van der Waals surface area (Å²) in [7, 11) is 1.47. The molecule has 4 rings (SSSR count). The molecular formula is C26H26ClNO7. The van der Waals surface area contributed by atoms with Crippen LogP contribution in [0.5, 0.6) is 11.5 Å². The molecule has 1 atom stereocenters. The van der Waals surface area contributed by atoms with E-state index in [0.717, 1.165) is 0 Å². The van der Waals surface area contributed by atoms with Crippen LogP contribution in [0, 0.1) is 0 Å². The maximum atomic E-state index is 13.7. The Labute approximate surface area is 207 Å². The SMILES string of the molecule is CCCN1C(=O)C(O)=C(C(=O)c2cc3cc(Cl)cc(OC)c3o2)C1c1cccc(OCCCO)c1. The molecule has 0 radical (unpaired) electrons. The van der Waals surface area contributed by atoms with E-state index in [1.165, 1.54) is 18.1 Å². The highest BCUT2D eigenvalue weighted by Gasteiger charge is 2.44. The molecule has 3 aromatic rings. The zero-order valence-corrected chi connectivity index (χ0v) is 20.2. The van der Waals surface area contributed by atoms with E-state index in [4.69, 9.17) is 30.6 Å². The third-order valence-corrected chi connectivity index (χ3v) is 5.97. The van der Waals surface area contributed by atoms with Crippen LogP contribution in [-0.4, -0.2) is 53.7 Å². The highest BCUT2D eigenvalue weighted by atomic mass is 35.5. The Bertz CT molecular complexity index is 1300. The molecule has 35 heavy (non-hydrogen) atoms. The number of hydrogen-bond acceptors (Lipinski definition) is 7. The van der Waals surface area contributed by atoms with Crippen LogP contribution in [0.3, 0.4) is 0 Å². The second-order valence-corrected chi connectivity index (χ2v) is 8.56. The summed E-state index contributed by atoms with van der Waals surface area (Å²) in [4.78, 5) is 28.1. The van der Waals surface area contributed by atoms with Gasteiger partial charge in [-0.25, -0.2) is 0 Å². The number of fused-ring (bicyclic) bond motifs is 1. The van der Waals surface area contributed by atoms with Gasteiger partial charge in [-0.2, -0.15) is 0 Å². The van der Waals surface area contributed by atoms with Crippen molar-refractivity contribution < 1.29 is 33.7 Å². The van der Waals surface area contributed by atoms with Crippen molar-refractivity contribution in [2.24, 2.45) is 0 Å². The highest BCUT2D eigenvalue weighted by Crippen LogP contribution is 2.41. The third-order valence-electron chi connectivity index (χ3n) is 5.75. The zero-order valence-electron chi connectivity index (χ0n) is 19.4. The van der Waals surface area contributed by atoms with E-state index in [1.54, 1.807) is 36.4 Å². The molecule has 1 amide bonds. The van der Waals surface area contributed by atoms with Gasteiger partial charge in [-0.15, -0.1) is 0 Å². The molecule has 184 valence electrons. The molecule has 2 N–H and O–H groups in total. The molecule has 0 fully saturated rings. The second kappa shape index (κ2) is 10.4. The quantitative estimate of drug-likeness (QED) is 0.303. The molecule has 0 aliphatic carbocycles. The molecule has 2 aromatic carbocycles. The number of aliphatic hydroxyl groups is 2. The lowest BCUT2D eigenvalue weighted by atomic mass is 9.94. The van der Waals surface area contributed by atoms with Crippen LogP contribution in [0.15, 0.2) is 58.2 Å². The van der Waals surface area contributed by atoms with Crippen LogP contribution in [0.25, 0.3) is 11.0 Å². The largest absolute Gasteiger partial charge is 0.503 e. The minimum Gasteiger partial charge on any atom is -0.503 e. The van der Waals surface area contributed by atoms with Gasteiger partial charge in [0.2, 0.25) is 5.78 Å². The average Bonchev–Trinajstić information content (AvgIpc) is 3.38. The highest BCUT2D eigenvalue weighted by molar-refractivity contribution is 6.31. The zero-order chi connectivity index (χ0) is 25.1. The maximum absolute atomic E-state index is 13.7. The molecule has 0 bridgehead atoms. The fourth-order valence-corrected chi connectivity index (χ4v) is 4.43. The van der Waals surface area contributed by atoms with Gasteiger partial charge >= 0.3 is 0 Å². The average molecular weight is 500 g/mol. The van der Waals surface area contributed by atoms with Crippen LogP contribution in [0.2, 0.25) is 5.02 Å². The summed E-state index contributed by atoms with van der Waals surface area (Å²) < 4.78 is 16.8. The van der Waals surface area contributed by atoms with Gasteiger partial charge in [-0.1, -0.05) is 30.7 Å². The Morgan fingerprint density at radius 1 is 1.23 bits per heavy atom. The number of aliphatic hydroxyl groups excluding tert-OH is 2. The molecule has 0 saturated heterocycles. The van der Waals surface area contributed by atoms with Crippen LogP contribution in [0.4, 0.5) is 0 Å². The van der Waals surface area contributed by atoms with E-state index in [-0.39, 0.29) is 17.9 Å². The van der Waals surface area contributed by atoms with Crippen LogP contribution < -0.4 is 9.47 Å². The van der Waals surface area contributed by atoms with Gasteiger partial charge < -0.3 is 29.0 Å². The smallest absolute Gasteiger partial charge is 0.290 e. The van der Waals surface area contributed by atoms with Crippen molar-refractivity contribution in [1.82, 2.24) is 4.90 Å². The number of nitrogens with zero attached hydrogens (tertiary/aromatic N) is 1. The lowest BCUT2D eigenvalue weighted by Crippen LogP contribution is -2.31. The molecule has 1 aromatic heterocycles. The number of hydrogen-bond donors (Lipinski definition) is 2. The first kappa shape index (κ1) is 24.6. The number of ketones is 1. The van der Waals surface area contributed by atoms with Crippen molar-refractivity contribution in [3.63, 3.8) is 0 Å². The third kappa shape index (κ3) is 4.72. The van der Waals surface area contributed by atoms with Crippen molar-refractivity contribution in [2.75, 3.05) is 26.9 Å². The van der Waals surface area contributed by atoms with Gasteiger partial charge in [0.15, 0.2) is 22.9 Å². The Balaban J connectivity index is 1.77. The summed E-state index contributed by atoms with van der Waals surface area (Å²) in [5, 5.41) is 20.8. The molecule has 1 unspecified atom stereocenters. The number of carbonyl (C=O) groups is 2. The molecular weight excluding hydrogens is 474 g/mol. The predicted octanol–water partition coefficient (Wildman–Crippen LogP) is 4.84. The standard InChI is InChI=1S/C26H26ClNO7/c1-3-8-28-22(15-6-4-7-18(12-15)34-10-5-9-29)21(24(31)26(28)32)23(30)19-13-16-11-17(27)14-20(33-2)25(16)35-19/h4,6-7,11-14,22,29,31H,3,5,8-10H2,1-2H3. The first-order valence-electron chi connectivity index (χ1n) is 11.3. The van der Waals surface area contributed by atoms with Crippen LogP contribution in [0.1, 0.15) is 41.9 Å². The summed E-state index contributed by atoms with van der Waals surface area (Å²) in [6.07, 6.45) is 1.10. The lowest BCUT2D eigenvalue weighted by molar-refractivity contribution is -0.129. The first-order valence-corrected chi connectivity index (χ1v) is 11.7. The molecule has 8 nitrogen and oxygen atoms in total. The Hall–Kier alpha value is -3.49. The van der Waals surface area contributed by atoms with Crippen molar-refractivity contribution >= 4 is 34.3 Å². The molecule has 0 saturated carbocycles. The second-order valence-electron chi connectivity index (χ2n) is 8.13. The van der Waals surface area contributed by atoms with E-state index in [1.807, 2.05) is 6.92 Å². The summed E-state index contributed by atoms with van der Waals surface area (Å²) in [6, 6.07) is 10.9. The fourth-order valence-electron chi connectivity index (χ4n) is 4.21. The monoisotopic (exact) mass is 499 g/mol. The van der Waals surface area contributed by atoms with Crippen molar-refractivity contribution in [3.8, 4) is 11.5 Å². The number of benzene rings is 2. The number of methoxy groups -OCH3 is 1. The Kier molecular flexibility index (Phi) is 7.33. The maximum Gasteiger partial charge on any atom is 0.290 e. The van der Waals surface area contributed by atoms with Gasteiger partial charge in [0.1, 0.15) is 5.75 Å². The number of halogens is 1. The fraction of sp³-hybridized carbons (Fsp3) is 0.308. The number of furan rings is 1. The first-order chi connectivity index (χ1) is 16.9. The molecule has 1 aliphatic rings. The van der Waals surface area contributed by atoms with E-state index in [2.05, 4.69) is 0 Å². The predicted molar refractivity (Wildman–Crippen MR) is 130 cm³/mol. The van der Waals surface area contributed by atoms with E-state index in [0.29, 0.717) is 59.0 Å². The summed E-state index contributed by atoms with van der Waals surface area (Å²) in [6.45, 7) is 2.57. The van der Waals surface area contributed by atoms with Gasteiger partial charge in [0.25, 0.3) is 5.91 Å². The number of rotatable bonds is 10. The van der Waals surface area contributed by atoms with Crippen LogP contribution in [-0.2, 0) is 4.79 Å². The molecule has 2 heterocycles. The van der Waals surface area contributed by atoms with Gasteiger partial charge in [-0.3, -0.25) is 9.59 Å². The van der Waals surface area contributed by atoms with Gasteiger partial charge in [-0.05, 0) is 36.2 Å². The molecule has 1 aliphatic heterocycles. The number of carbonyl (C=O) groups excluding carboxylic acids is 2. The molecule has 9 heteroatoms. The van der Waals surface area contributed by atoms with Crippen LogP contribution >= 0.6 is 11.6 Å². The Morgan fingerprint density at radius 3 is 2.74 bits per heavy atom. The molecule has 0 spiro atoms. The van der Waals surface area contributed by atoms with E-state index < -0.39 is 23.5 Å². The summed E-state index contributed by atoms with van der Waals surface area (Å²) in [5.74, 6) is -0.992. The van der Waals surface area contributed by atoms with Crippen molar-refractivity contribution in [1.29, 1.82) is 0 Å². The number of Topliss-reactive ketones (excluding diaryl/α,β-unsaturated/α-hetero) is 1. The Morgan fingerprint density at radius 2 is 2.03 bits per heavy atom. The lowest BCUT2D eigenvalue weighted by Gasteiger charge is -2.26. The summed E-state index contributed by atoms with van der Waals surface area (Å²) in [5.41, 5.74) is 0.878. The van der Waals surface area contributed by atoms with E-state index >= 15 is 0 Å². The topological polar surface area (TPSA) is 109 Å². The number of ether oxygens (including phenoxy) is 2. The normalized spacial score (nSPS) is 15.8. The summed E-state index contributed by atoms with van der Waals surface area (Å²) >= 11 is 6.15. The van der Waals surface area contributed by atoms with E-state index in [9.17, 15) is 14.7 Å². The minimum absolute atomic E-state index is 0.00382. The van der Waals surface area contributed by atoms with Crippen molar-refractivity contribution in [2.45, 2.75) is 25.8 Å². The van der Waals surface area contributed by atoms with Gasteiger partial charge in [0.05, 0.1) is 25.3 Å². The number of amides is 1. The minimum atomic E-state index is -0.824. The van der Waals surface area contributed by atoms with Gasteiger partial charge in [0, 0.05) is 36.0 Å².